The number of hydrogen-bond donors (Lipinski definition) is 1. The Morgan fingerprint density at radius 3 is 1.47 bits per heavy atom. The molecule has 0 aromatic heterocycles. The number of likely N-dealkylation sites (N-methyl/N-ethyl adjacent to an activating group) is 1. The van der Waals surface area contributed by atoms with Crippen LogP contribution in [0.1, 0.15) is 187 Å². The lowest BCUT2D eigenvalue weighted by atomic mass is 10.0. The molecule has 1 N–H and O–H groups in total. The van der Waals surface area contributed by atoms with Gasteiger partial charge in [0.05, 0.1) is 27.7 Å². The minimum absolute atomic E-state index is 0.0325. The molecule has 0 saturated carbocycles. The number of phosphoric ester groups is 1. The number of rotatable bonds is 38. The Morgan fingerprint density at radius 1 is 0.588 bits per heavy atom. The second-order valence-corrected chi connectivity index (χ2v) is 16.8. The molecule has 9 nitrogen and oxygen atoms in total. The molecule has 0 radical (unpaired) electrons. The molecule has 0 spiro atoms. The van der Waals surface area contributed by atoms with Gasteiger partial charge in [-0.25, -0.2) is 4.57 Å². The van der Waals surface area contributed by atoms with E-state index in [-0.39, 0.29) is 32.0 Å². The minimum Gasteiger partial charge on any atom is -0.462 e. The maximum absolute atomic E-state index is 12.6. The molecule has 302 valence electrons. The van der Waals surface area contributed by atoms with Crippen LogP contribution in [0.25, 0.3) is 0 Å². The molecule has 0 aliphatic rings. The Morgan fingerprint density at radius 2 is 1.00 bits per heavy atom. The van der Waals surface area contributed by atoms with Crippen molar-refractivity contribution in [2.24, 2.45) is 0 Å². The number of hydrogen-bond acceptors (Lipinski definition) is 7. The first-order valence-electron chi connectivity index (χ1n) is 20.9. The van der Waals surface area contributed by atoms with Gasteiger partial charge in [0.2, 0.25) is 0 Å². The van der Waals surface area contributed by atoms with Crippen molar-refractivity contribution in [3.05, 3.63) is 12.2 Å². The van der Waals surface area contributed by atoms with Crippen molar-refractivity contribution in [1.29, 1.82) is 0 Å². The van der Waals surface area contributed by atoms with Crippen LogP contribution in [0.3, 0.4) is 0 Å². The highest BCUT2D eigenvalue weighted by Gasteiger charge is 2.27. The van der Waals surface area contributed by atoms with Gasteiger partial charge < -0.3 is 18.9 Å². The summed E-state index contributed by atoms with van der Waals surface area (Å²) in [5, 5.41) is 0. The van der Waals surface area contributed by atoms with E-state index < -0.39 is 26.5 Å². The van der Waals surface area contributed by atoms with Crippen LogP contribution in [0.4, 0.5) is 0 Å². The fraction of sp³-hybridized carbons (Fsp3) is 0.902. The van der Waals surface area contributed by atoms with Gasteiger partial charge in [0.25, 0.3) is 0 Å². The number of nitrogens with zero attached hydrogens (tertiary/aromatic N) is 1. The van der Waals surface area contributed by atoms with Crippen molar-refractivity contribution in [2.75, 3.05) is 47.5 Å². The van der Waals surface area contributed by atoms with E-state index in [1.165, 1.54) is 109 Å². The van der Waals surface area contributed by atoms with Gasteiger partial charge in [-0.05, 0) is 38.5 Å². The van der Waals surface area contributed by atoms with E-state index >= 15 is 0 Å². The summed E-state index contributed by atoms with van der Waals surface area (Å²) in [7, 11) is 1.48. The second-order valence-electron chi connectivity index (χ2n) is 15.4. The predicted octanol–water partition coefficient (Wildman–Crippen LogP) is 11.4. The number of phosphoric acid groups is 1. The van der Waals surface area contributed by atoms with Crippen molar-refractivity contribution in [3.63, 3.8) is 0 Å². The first-order valence-corrected chi connectivity index (χ1v) is 22.4. The highest BCUT2D eigenvalue weighted by atomic mass is 31.2. The molecule has 2 atom stereocenters. The zero-order valence-electron chi connectivity index (χ0n) is 33.9. The maximum Gasteiger partial charge on any atom is 0.472 e. The molecular formula is C41H81NO8P+. The van der Waals surface area contributed by atoms with Crippen LogP contribution in [0.2, 0.25) is 0 Å². The Hall–Kier alpha value is -1.25. The van der Waals surface area contributed by atoms with Crippen molar-refractivity contribution < 1.29 is 42.1 Å². The Bertz CT molecular complexity index is 891. The third-order valence-electron chi connectivity index (χ3n) is 9.05. The fourth-order valence-corrected chi connectivity index (χ4v) is 6.46. The van der Waals surface area contributed by atoms with Gasteiger partial charge in [-0.3, -0.25) is 18.6 Å². The van der Waals surface area contributed by atoms with Gasteiger partial charge in [-0.2, -0.15) is 0 Å². The molecule has 1 unspecified atom stereocenters. The summed E-state index contributed by atoms with van der Waals surface area (Å²) in [5.74, 6) is -0.810. The lowest BCUT2D eigenvalue weighted by molar-refractivity contribution is -0.870. The third-order valence-corrected chi connectivity index (χ3v) is 10.0. The zero-order valence-corrected chi connectivity index (χ0v) is 34.7. The highest BCUT2D eigenvalue weighted by molar-refractivity contribution is 7.47. The lowest BCUT2D eigenvalue weighted by Crippen LogP contribution is -2.37. The number of quaternary nitrogens is 1. The quantitative estimate of drug-likeness (QED) is 0.0219. The van der Waals surface area contributed by atoms with Gasteiger partial charge in [-0.15, -0.1) is 0 Å². The summed E-state index contributed by atoms with van der Waals surface area (Å²) in [6.07, 6.45) is 33.9. The predicted molar refractivity (Wildman–Crippen MR) is 211 cm³/mol. The summed E-state index contributed by atoms with van der Waals surface area (Å²) in [6, 6.07) is 0. The van der Waals surface area contributed by atoms with E-state index in [1.54, 1.807) is 0 Å². The van der Waals surface area contributed by atoms with E-state index in [0.29, 0.717) is 17.4 Å². The summed E-state index contributed by atoms with van der Waals surface area (Å²) < 4.78 is 34.2. The number of allylic oxidation sites excluding steroid dienone is 2. The molecule has 0 rings (SSSR count). The SMILES string of the molecule is CCCCCCCC/C=C/CCCCCC(=O)OC[C@H](COP(=O)(O)OCC[N+](C)(C)C)OC(=O)CCCCCCCCCCCCCCCC. The maximum atomic E-state index is 12.6. The van der Waals surface area contributed by atoms with Gasteiger partial charge in [0.1, 0.15) is 19.8 Å². The number of esters is 2. The van der Waals surface area contributed by atoms with Crippen molar-refractivity contribution in [3.8, 4) is 0 Å². The van der Waals surface area contributed by atoms with E-state index in [2.05, 4.69) is 26.0 Å². The van der Waals surface area contributed by atoms with E-state index in [0.717, 1.165) is 44.9 Å². The molecule has 0 aromatic carbocycles. The van der Waals surface area contributed by atoms with E-state index in [1.807, 2.05) is 21.1 Å². The summed E-state index contributed by atoms with van der Waals surface area (Å²) in [4.78, 5) is 35.2. The van der Waals surface area contributed by atoms with Crippen molar-refractivity contribution in [2.45, 2.75) is 193 Å². The molecular weight excluding hydrogens is 665 g/mol. The topological polar surface area (TPSA) is 108 Å². The normalized spacial score (nSPS) is 13.8. The average molecular weight is 747 g/mol. The van der Waals surface area contributed by atoms with Gasteiger partial charge >= 0.3 is 19.8 Å². The molecule has 0 amide bonds. The summed E-state index contributed by atoms with van der Waals surface area (Å²) >= 11 is 0. The third kappa shape index (κ3) is 38.3. The molecule has 0 aliphatic heterocycles. The molecule has 51 heavy (non-hydrogen) atoms. The largest absolute Gasteiger partial charge is 0.472 e. The Labute approximate surface area is 314 Å². The number of ether oxygens (including phenoxy) is 2. The number of carbonyl (C=O) groups is 2. The van der Waals surface area contributed by atoms with Crippen molar-refractivity contribution in [1.82, 2.24) is 0 Å². The summed E-state index contributed by atoms with van der Waals surface area (Å²) in [6.45, 7) is 4.41. The molecule has 0 saturated heterocycles. The van der Waals surface area contributed by atoms with Crippen LogP contribution < -0.4 is 0 Å². The zero-order chi connectivity index (χ0) is 37.9. The highest BCUT2D eigenvalue weighted by Crippen LogP contribution is 2.43. The van der Waals surface area contributed by atoms with E-state index in [4.69, 9.17) is 18.5 Å². The van der Waals surface area contributed by atoms with Crippen molar-refractivity contribution >= 4 is 19.8 Å². The first kappa shape index (κ1) is 49.8. The van der Waals surface area contributed by atoms with Gasteiger partial charge in [0, 0.05) is 12.8 Å². The van der Waals surface area contributed by atoms with Crippen LogP contribution in [0.5, 0.6) is 0 Å². The van der Waals surface area contributed by atoms with Crippen LogP contribution in [0, 0.1) is 0 Å². The molecule has 10 heteroatoms. The van der Waals surface area contributed by atoms with Crippen LogP contribution in [-0.4, -0.2) is 74.9 Å². The summed E-state index contributed by atoms with van der Waals surface area (Å²) in [5.41, 5.74) is 0. The van der Waals surface area contributed by atoms with Crippen LogP contribution in [-0.2, 0) is 32.7 Å². The molecule has 0 aromatic rings. The molecule has 0 fully saturated rings. The number of unbranched alkanes of at least 4 members (excludes halogenated alkanes) is 22. The van der Waals surface area contributed by atoms with Gasteiger partial charge in [0.15, 0.2) is 6.10 Å². The minimum atomic E-state index is -4.37. The standard InChI is InChI=1S/C41H80NO8P/c1-6-8-10-12-14-16-18-20-22-24-26-28-30-32-34-41(44)50-39(38-49-51(45,46)48-36-35-42(3,4)5)37-47-40(43)33-31-29-27-25-23-21-19-17-15-13-11-9-7-2/h21,23,39H,6-20,22,24-38H2,1-5H3/p+1/b23-21+/t39-/m1/s1. The second kappa shape index (κ2) is 34.5. The fourth-order valence-electron chi connectivity index (χ4n) is 5.71. The van der Waals surface area contributed by atoms with Crippen LogP contribution in [0.15, 0.2) is 12.2 Å². The first-order chi connectivity index (χ1) is 24.5. The Kier molecular flexibility index (Phi) is 33.7. The Balaban J connectivity index is 4.40. The molecule has 0 aliphatic carbocycles. The molecule has 0 bridgehead atoms. The number of carbonyl (C=O) groups excluding carboxylic acids is 2. The van der Waals surface area contributed by atoms with Gasteiger partial charge in [-0.1, -0.05) is 148 Å². The molecule has 0 heterocycles. The lowest BCUT2D eigenvalue weighted by Gasteiger charge is -2.24. The van der Waals surface area contributed by atoms with Crippen LogP contribution >= 0.6 is 7.82 Å². The van der Waals surface area contributed by atoms with E-state index in [9.17, 15) is 19.0 Å². The smallest absolute Gasteiger partial charge is 0.462 e. The monoisotopic (exact) mass is 747 g/mol. The average Bonchev–Trinajstić information content (AvgIpc) is 3.07.